The molecule has 2 amide bonds. The molecule has 0 aliphatic heterocycles. The molecule has 2 N–H and O–H groups in total. The summed E-state index contributed by atoms with van der Waals surface area (Å²) in [5.41, 5.74) is 3.02. The zero-order valence-electron chi connectivity index (χ0n) is 15.5. The van der Waals surface area contributed by atoms with Gasteiger partial charge in [0.25, 0.3) is 5.91 Å². The molecule has 3 aromatic rings. The van der Waals surface area contributed by atoms with E-state index in [9.17, 15) is 9.59 Å². The third kappa shape index (κ3) is 4.95. The lowest BCUT2D eigenvalue weighted by atomic mass is 10.2. The third-order valence-corrected chi connectivity index (χ3v) is 4.72. The van der Waals surface area contributed by atoms with E-state index in [1.54, 1.807) is 28.9 Å². The number of rotatable bonds is 7. The minimum atomic E-state index is -0.212. The molecule has 8 nitrogen and oxygen atoms in total. The summed E-state index contributed by atoms with van der Waals surface area (Å²) in [6.45, 7) is 4.40. The van der Waals surface area contributed by atoms with E-state index < -0.39 is 0 Å². The van der Waals surface area contributed by atoms with Gasteiger partial charge in [0.05, 0.1) is 11.4 Å². The van der Waals surface area contributed by atoms with Gasteiger partial charge in [-0.2, -0.15) is 4.68 Å². The van der Waals surface area contributed by atoms with Crippen LogP contribution < -0.4 is 10.6 Å². The van der Waals surface area contributed by atoms with Crippen LogP contribution in [0.2, 0.25) is 0 Å². The topological polar surface area (TPSA) is 102 Å². The van der Waals surface area contributed by atoms with E-state index in [1.165, 1.54) is 11.8 Å². The lowest BCUT2D eigenvalue weighted by Gasteiger charge is -2.08. The van der Waals surface area contributed by atoms with E-state index in [0.717, 1.165) is 11.3 Å². The van der Waals surface area contributed by atoms with Crippen LogP contribution in [0.1, 0.15) is 22.8 Å². The third-order valence-electron chi connectivity index (χ3n) is 3.80. The number of carbonyl (C=O) groups excluding carboxylic acids is 2. The number of nitrogens with zero attached hydrogens (tertiary/aromatic N) is 4. The molecule has 0 aliphatic rings. The summed E-state index contributed by atoms with van der Waals surface area (Å²) in [4.78, 5) is 24.2. The first-order valence-electron chi connectivity index (χ1n) is 8.73. The van der Waals surface area contributed by atoms with Gasteiger partial charge in [-0.1, -0.05) is 35.5 Å². The summed E-state index contributed by atoms with van der Waals surface area (Å²) < 4.78 is 1.59. The monoisotopic (exact) mass is 396 g/mol. The molecule has 0 spiro atoms. The Balaban J connectivity index is 1.61. The zero-order valence-corrected chi connectivity index (χ0v) is 16.4. The molecule has 0 atom stereocenters. The fourth-order valence-corrected chi connectivity index (χ4v) is 3.14. The maximum atomic E-state index is 12.3. The number of benzene rings is 2. The van der Waals surface area contributed by atoms with E-state index in [-0.39, 0.29) is 17.6 Å². The quantitative estimate of drug-likeness (QED) is 0.595. The van der Waals surface area contributed by atoms with Crippen molar-refractivity contribution < 1.29 is 9.59 Å². The predicted octanol–water partition coefficient (Wildman–Crippen LogP) is 2.45. The number of aromatic nitrogens is 4. The van der Waals surface area contributed by atoms with Gasteiger partial charge in [-0.25, -0.2) is 0 Å². The van der Waals surface area contributed by atoms with Gasteiger partial charge in [-0.3, -0.25) is 9.59 Å². The van der Waals surface area contributed by atoms with Crippen molar-refractivity contribution >= 4 is 29.3 Å². The van der Waals surface area contributed by atoms with Gasteiger partial charge in [0.15, 0.2) is 0 Å². The highest BCUT2D eigenvalue weighted by molar-refractivity contribution is 7.99. The van der Waals surface area contributed by atoms with Crippen LogP contribution in [0.15, 0.2) is 53.7 Å². The molecule has 0 saturated heterocycles. The van der Waals surface area contributed by atoms with Crippen molar-refractivity contribution in [1.82, 2.24) is 25.5 Å². The Bertz CT molecular complexity index is 971. The van der Waals surface area contributed by atoms with E-state index in [0.29, 0.717) is 23.0 Å². The molecule has 0 unspecified atom stereocenters. The van der Waals surface area contributed by atoms with Crippen LogP contribution in [-0.2, 0) is 4.79 Å². The first kappa shape index (κ1) is 19.6. The van der Waals surface area contributed by atoms with E-state index in [2.05, 4.69) is 26.2 Å². The first-order chi connectivity index (χ1) is 13.6. The van der Waals surface area contributed by atoms with Gasteiger partial charge >= 0.3 is 0 Å². The maximum absolute atomic E-state index is 12.3. The summed E-state index contributed by atoms with van der Waals surface area (Å²) in [6, 6.07) is 14.6. The van der Waals surface area contributed by atoms with Crippen molar-refractivity contribution in [2.75, 3.05) is 17.6 Å². The number of nitrogens with one attached hydrogen (secondary N) is 2. The molecule has 1 heterocycles. The predicted molar refractivity (Wildman–Crippen MR) is 108 cm³/mol. The number of hydrogen-bond donors (Lipinski definition) is 2. The van der Waals surface area contributed by atoms with Gasteiger partial charge in [-0.15, -0.1) is 5.10 Å². The highest BCUT2D eigenvalue weighted by atomic mass is 32.2. The first-order valence-corrected chi connectivity index (χ1v) is 9.71. The number of thioether (sulfide) groups is 1. The van der Waals surface area contributed by atoms with E-state index in [4.69, 9.17) is 0 Å². The van der Waals surface area contributed by atoms with Crippen LogP contribution in [0.25, 0.3) is 5.69 Å². The largest absolute Gasteiger partial charge is 0.352 e. The minimum absolute atomic E-state index is 0.137. The molecule has 28 heavy (non-hydrogen) atoms. The van der Waals surface area contributed by atoms with E-state index in [1.807, 2.05) is 38.1 Å². The molecule has 144 valence electrons. The SMILES string of the molecule is CCNC(=O)c1cccc(NC(=O)CSc2nnnn2-c2ccc(C)cc2)c1. The van der Waals surface area contributed by atoms with Gasteiger partial charge in [0.1, 0.15) is 0 Å². The molecule has 0 radical (unpaired) electrons. The van der Waals surface area contributed by atoms with Gasteiger partial charge in [0, 0.05) is 17.8 Å². The van der Waals surface area contributed by atoms with Crippen molar-refractivity contribution in [2.24, 2.45) is 0 Å². The second-order valence-electron chi connectivity index (χ2n) is 5.99. The highest BCUT2D eigenvalue weighted by Crippen LogP contribution is 2.19. The van der Waals surface area contributed by atoms with Crippen LogP contribution in [0, 0.1) is 6.92 Å². The summed E-state index contributed by atoms with van der Waals surface area (Å²) in [6.07, 6.45) is 0. The molecule has 3 rings (SSSR count). The van der Waals surface area contributed by atoms with Crippen molar-refractivity contribution in [3.05, 3.63) is 59.7 Å². The smallest absolute Gasteiger partial charge is 0.251 e. The Morgan fingerprint density at radius 3 is 2.68 bits per heavy atom. The number of tetrazole rings is 1. The normalized spacial score (nSPS) is 10.5. The number of anilines is 1. The van der Waals surface area contributed by atoms with Crippen molar-refractivity contribution in [3.8, 4) is 5.69 Å². The summed E-state index contributed by atoms with van der Waals surface area (Å²) in [5.74, 6) is -0.251. The van der Waals surface area contributed by atoms with E-state index >= 15 is 0 Å². The fourth-order valence-electron chi connectivity index (χ4n) is 2.44. The maximum Gasteiger partial charge on any atom is 0.251 e. The Hall–Kier alpha value is -3.20. The average molecular weight is 396 g/mol. The Morgan fingerprint density at radius 1 is 1.14 bits per heavy atom. The van der Waals surface area contributed by atoms with Gasteiger partial charge in [-0.05, 0) is 54.6 Å². The fraction of sp³-hybridized carbons (Fsp3) is 0.211. The molecule has 0 aliphatic carbocycles. The summed E-state index contributed by atoms with van der Waals surface area (Å²) >= 11 is 1.23. The number of amides is 2. The summed E-state index contributed by atoms with van der Waals surface area (Å²) in [5, 5.41) is 17.7. The molecule has 2 aromatic carbocycles. The Labute approximate surface area is 166 Å². The molecule has 0 bridgehead atoms. The lowest BCUT2D eigenvalue weighted by Crippen LogP contribution is -2.23. The van der Waals surface area contributed by atoms with Crippen LogP contribution in [-0.4, -0.2) is 44.3 Å². The number of carbonyl (C=O) groups is 2. The highest BCUT2D eigenvalue weighted by Gasteiger charge is 2.12. The molecule has 0 saturated carbocycles. The number of aryl methyl sites for hydroxylation is 1. The van der Waals surface area contributed by atoms with Gasteiger partial charge in [0.2, 0.25) is 11.1 Å². The Morgan fingerprint density at radius 2 is 1.93 bits per heavy atom. The Kier molecular flexibility index (Phi) is 6.38. The van der Waals surface area contributed by atoms with Crippen molar-refractivity contribution in [1.29, 1.82) is 0 Å². The zero-order chi connectivity index (χ0) is 19.9. The lowest BCUT2D eigenvalue weighted by molar-refractivity contribution is -0.113. The van der Waals surface area contributed by atoms with Crippen LogP contribution in [0.3, 0.4) is 0 Å². The molecular formula is C19H20N6O2S. The van der Waals surface area contributed by atoms with Crippen molar-refractivity contribution in [3.63, 3.8) is 0 Å². The van der Waals surface area contributed by atoms with Crippen LogP contribution in [0.5, 0.6) is 0 Å². The summed E-state index contributed by atoms with van der Waals surface area (Å²) in [7, 11) is 0. The second-order valence-corrected chi connectivity index (χ2v) is 6.93. The van der Waals surface area contributed by atoms with Gasteiger partial charge < -0.3 is 10.6 Å². The standard InChI is InChI=1S/C19H20N6O2S/c1-3-20-18(27)14-5-4-6-15(11-14)21-17(26)12-28-19-22-23-24-25(19)16-9-7-13(2)8-10-16/h4-11H,3,12H2,1-2H3,(H,20,27)(H,21,26). The molecule has 1 aromatic heterocycles. The second kappa shape index (κ2) is 9.14. The van der Waals surface area contributed by atoms with Crippen molar-refractivity contribution in [2.45, 2.75) is 19.0 Å². The van der Waals surface area contributed by atoms with Crippen LogP contribution >= 0.6 is 11.8 Å². The molecule has 9 heteroatoms. The minimum Gasteiger partial charge on any atom is -0.352 e. The average Bonchev–Trinajstić information content (AvgIpc) is 3.16. The molecular weight excluding hydrogens is 376 g/mol. The van der Waals surface area contributed by atoms with Crippen LogP contribution in [0.4, 0.5) is 5.69 Å². The number of hydrogen-bond acceptors (Lipinski definition) is 6. The molecule has 0 fully saturated rings.